The van der Waals surface area contributed by atoms with Crippen LogP contribution in [0, 0.1) is 0 Å². The van der Waals surface area contributed by atoms with Crippen LogP contribution in [0.1, 0.15) is 25.0 Å². The quantitative estimate of drug-likeness (QED) is 0.397. The summed E-state index contributed by atoms with van der Waals surface area (Å²) in [5, 5.41) is 8.52. The molecule has 0 radical (unpaired) electrons. The van der Waals surface area contributed by atoms with E-state index in [0.717, 1.165) is 55.6 Å². The van der Waals surface area contributed by atoms with Gasteiger partial charge in [0.25, 0.3) is 0 Å². The van der Waals surface area contributed by atoms with E-state index < -0.39 is 0 Å². The highest BCUT2D eigenvalue weighted by Gasteiger charge is 2.14. The predicted molar refractivity (Wildman–Crippen MR) is 102 cm³/mol. The van der Waals surface area contributed by atoms with Gasteiger partial charge in [-0.3, -0.25) is 4.99 Å². The van der Waals surface area contributed by atoms with Gasteiger partial charge in [0.1, 0.15) is 6.26 Å². The third-order valence-corrected chi connectivity index (χ3v) is 4.89. The number of aromatic nitrogens is 1. The summed E-state index contributed by atoms with van der Waals surface area (Å²) in [6.07, 6.45) is 5.15. The topological polar surface area (TPSA) is 80.9 Å². The fraction of sp³-hybridized carbons (Fsp3) is 0.556. The lowest BCUT2D eigenvalue weighted by Crippen LogP contribution is -2.37. The zero-order valence-electron chi connectivity index (χ0n) is 15.1. The maximum absolute atomic E-state index is 5.65. The van der Waals surface area contributed by atoms with Gasteiger partial charge < -0.3 is 24.5 Å². The zero-order chi connectivity index (χ0) is 18.0. The molecular weight excluding hydrogens is 352 g/mol. The van der Waals surface area contributed by atoms with Crippen LogP contribution in [0.4, 0.5) is 0 Å². The van der Waals surface area contributed by atoms with Crippen LogP contribution >= 0.6 is 11.3 Å². The Labute approximate surface area is 157 Å². The largest absolute Gasteiger partial charge is 0.443 e. The summed E-state index contributed by atoms with van der Waals surface area (Å²) in [5.74, 6) is 1.40. The molecule has 1 aliphatic rings. The van der Waals surface area contributed by atoms with Gasteiger partial charge >= 0.3 is 0 Å². The lowest BCUT2D eigenvalue weighted by Gasteiger charge is -2.12. The molecule has 142 valence electrons. The summed E-state index contributed by atoms with van der Waals surface area (Å²) in [6.45, 7) is 3.65. The highest BCUT2D eigenvalue weighted by atomic mass is 32.1. The normalized spacial score (nSPS) is 17.6. The van der Waals surface area contributed by atoms with E-state index in [1.165, 1.54) is 0 Å². The molecule has 1 fully saturated rings. The van der Waals surface area contributed by atoms with Crippen molar-refractivity contribution in [1.82, 2.24) is 15.6 Å². The van der Waals surface area contributed by atoms with Gasteiger partial charge in [-0.25, -0.2) is 4.98 Å². The minimum atomic E-state index is 0.291. The Morgan fingerprint density at radius 1 is 1.46 bits per heavy atom. The van der Waals surface area contributed by atoms with Gasteiger partial charge in [-0.1, -0.05) is 6.07 Å². The standard InChI is InChI=1S/C18H26N4O3S/c1-19-18(20-7-4-8-23-13-15-5-2-9-24-15)21-11-14-12-25-17(22-14)16-6-3-10-26-16/h3,6,10,12,15H,2,4-5,7-9,11,13H2,1H3,(H2,19,20,21). The number of ether oxygens (including phenoxy) is 2. The van der Waals surface area contributed by atoms with Crippen molar-refractivity contribution >= 4 is 17.3 Å². The lowest BCUT2D eigenvalue weighted by molar-refractivity contribution is 0.0168. The Morgan fingerprint density at radius 2 is 2.42 bits per heavy atom. The van der Waals surface area contributed by atoms with Gasteiger partial charge in [0.05, 0.1) is 29.8 Å². The number of oxazole rings is 1. The van der Waals surface area contributed by atoms with E-state index in [9.17, 15) is 0 Å². The first-order valence-electron chi connectivity index (χ1n) is 8.97. The summed E-state index contributed by atoms with van der Waals surface area (Å²) < 4.78 is 16.7. The number of aliphatic imine (C=N–C) groups is 1. The Morgan fingerprint density at radius 3 is 3.19 bits per heavy atom. The highest BCUT2D eigenvalue weighted by Crippen LogP contribution is 2.23. The highest BCUT2D eigenvalue weighted by molar-refractivity contribution is 7.13. The third-order valence-electron chi connectivity index (χ3n) is 4.03. The number of hydrogen-bond donors (Lipinski definition) is 2. The molecule has 2 N–H and O–H groups in total. The molecule has 1 unspecified atom stereocenters. The van der Waals surface area contributed by atoms with Crippen molar-refractivity contribution in [2.24, 2.45) is 4.99 Å². The van der Waals surface area contributed by atoms with Crippen molar-refractivity contribution in [2.45, 2.75) is 31.9 Å². The van der Waals surface area contributed by atoms with Crippen LogP contribution in [0.15, 0.2) is 33.2 Å². The molecule has 0 aliphatic carbocycles. The van der Waals surface area contributed by atoms with Gasteiger partial charge in [-0.15, -0.1) is 11.3 Å². The molecule has 2 aromatic heterocycles. The Bertz CT molecular complexity index is 666. The fourth-order valence-electron chi connectivity index (χ4n) is 2.67. The van der Waals surface area contributed by atoms with Crippen molar-refractivity contribution < 1.29 is 13.9 Å². The molecule has 7 nitrogen and oxygen atoms in total. The fourth-order valence-corrected chi connectivity index (χ4v) is 3.32. The van der Waals surface area contributed by atoms with E-state index in [-0.39, 0.29) is 0 Å². The van der Waals surface area contributed by atoms with Crippen molar-refractivity contribution in [3.05, 3.63) is 29.5 Å². The summed E-state index contributed by atoms with van der Waals surface area (Å²) in [7, 11) is 1.75. The van der Waals surface area contributed by atoms with E-state index in [0.29, 0.717) is 25.1 Å². The average molecular weight is 378 g/mol. The van der Waals surface area contributed by atoms with Gasteiger partial charge in [-0.05, 0) is 30.7 Å². The van der Waals surface area contributed by atoms with E-state index in [1.54, 1.807) is 24.6 Å². The van der Waals surface area contributed by atoms with Crippen LogP contribution < -0.4 is 10.6 Å². The molecule has 26 heavy (non-hydrogen) atoms. The molecule has 0 saturated carbocycles. The molecule has 1 atom stereocenters. The lowest BCUT2D eigenvalue weighted by atomic mass is 10.2. The summed E-state index contributed by atoms with van der Waals surface area (Å²) in [5.41, 5.74) is 0.844. The maximum Gasteiger partial charge on any atom is 0.236 e. The summed E-state index contributed by atoms with van der Waals surface area (Å²) in [4.78, 5) is 9.73. The molecule has 0 aromatic carbocycles. The second kappa shape index (κ2) is 10.3. The Hall–Kier alpha value is -1.90. The molecule has 0 spiro atoms. The van der Waals surface area contributed by atoms with Gasteiger partial charge in [0, 0.05) is 26.8 Å². The number of thiophene rings is 1. The molecule has 0 bridgehead atoms. The van der Waals surface area contributed by atoms with Crippen molar-refractivity contribution in [3.63, 3.8) is 0 Å². The van der Waals surface area contributed by atoms with Gasteiger partial charge in [-0.2, -0.15) is 0 Å². The first-order valence-corrected chi connectivity index (χ1v) is 9.85. The van der Waals surface area contributed by atoms with Crippen LogP contribution in [-0.2, 0) is 16.0 Å². The number of rotatable bonds is 9. The van der Waals surface area contributed by atoms with Gasteiger partial charge in [0.15, 0.2) is 5.96 Å². The van der Waals surface area contributed by atoms with E-state index in [1.807, 2.05) is 17.5 Å². The Balaban J connectivity index is 1.29. The first-order chi connectivity index (χ1) is 12.8. The number of hydrogen-bond acceptors (Lipinski definition) is 6. The molecule has 1 saturated heterocycles. The molecule has 8 heteroatoms. The molecular formula is C18H26N4O3S. The van der Waals surface area contributed by atoms with E-state index >= 15 is 0 Å². The second-order valence-corrected chi connectivity index (χ2v) is 6.99. The van der Waals surface area contributed by atoms with Crippen LogP contribution in [0.3, 0.4) is 0 Å². The van der Waals surface area contributed by atoms with Crippen molar-refractivity contribution in [3.8, 4) is 10.8 Å². The van der Waals surface area contributed by atoms with Crippen LogP contribution in [-0.4, -0.2) is 50.5 Å². The smallest absolute Gasteiger partial charge is 0.236 e. The summed E-state index contributed by atoms with van der Waals surface area (Å²) >= 11 is 1.61. The van der Waals surface area contributed by atoms with E-state index in [4.69, 9.17) is 13.9 Å². The number of nitrogens with zero attached hydrogens (tertiary/aromatic N) is 2. The summed E-state index contributed by atoms with van der Waals surface area (Å²) in [6, 6.07) is 3.98. The predicted octanol–water partition coefficient (Wildman–Crippen LogP) is 2.65. The average Bonchev–Trinajstić information content (AvgIpc) is 3.42. The Kier molecular flexibility index (Phi) is 7.48. The second-order valence-electron chi connectivity index (χ2n) is 6.04. The monoisotopic (exact) mass is 378 g/mol. The van der Waals surface area contributed by atoms with Crippen LogP contribution in [0.25, 0.3) is 10.8 Å². The third kappa shape index (κ3) is 5.82. The molecule has 3 heterocycles. The minimum Gasteiger partial charge on any atom is -0.443 e. The van der Waals surface area contributed by atoms with Crippen LogP contribution in [0.2, 0.25) is 0 Å². The number of nitrogens with one attached hydrogen (secondary N) is 2. The zero-order valence-corrected chi connectivity index (χ0v) is 15.9. The van der Waals surface area contributed by atoms with Crippen molar-refractivity contribution in [1.29, 1.82) is 0 Å². The SMILES string of the molecule is CN=C(NCCCOCC1CCCO1)NCc1coc(-c2cccs2)n1. The molecule has 1 aliphatic heterocycles. The first kappa shape index (κ1) is 18.9. The molecule has 0 amide bonds. The number of guanidine groups is 1. The van der Waals surface area contributed by atoms with E-state index in [2.05, 4.69) is 20.6 Å². The maximum atomic E-state index is 5.65. The van der Waals surface area contributed by atoms with Crippen LogP contribution in [0.5, 0.6) is 0 Å². The molecule has 3 rings (SSSR count). The minimum absolute atomic E-state index is 0.291. The molecule has 2 aromatic rings. The van der Waals surface area contributed by atoms with Gasteiger partial charge in [0.2, 0.25) is 5.89 Å². The van der Waals surface area contributed by atoms with Crippen molar-refractivity contribution in [2.75, 3.05) is 33.4 Å².